The number of aryl methyl sites for hydroxylation is 10. The Morgan fingerprint density at radius 3 is 1.73 bits per heavy atom. The molecule has 16 rings (SSSR count). The van der Waals surface area contributed by atoms with Crippen LogP contribution in [0, 0.1) is 69.2 Å². The standard InChI is InChI=1S/C12H11N.C11H10N2.C9H9NS.C9H10O.C8H8N2.C8H7NOS.C8H7NS.2C6H7N/c1-10-7-8-12(13-9-10)11-5-3-2-4-6-11;1-9-3-5-10(6-4-9)11-12-7-2-8-13-11;1-6-3-4-8-9(5-6)11-7(2)10-8;1-7-2-3-9-8(6-7)4-5-10-9;1-6-9-7-4-2-3-5-8(7)10-6;1-5-2-3-6-7(4-5)11-8(10)9-6;1-6-2-3-7-8(4-6)10-5-9-7;1-6-3-2-4-7-5-6;1-6-4-2-3-5-7-6/h2-9H,1H3;2-8H,1H3;3-5H,1-2H3;2-3,6H,4-5H2,1H3;2-5H,1H3,(H,9,10);2-4H,1H3,(H,9,10);2-5H,1H3;2*2-5H,1H3. The van der Waals surface area contributed by atoms with E-state index in [2.05, 4.69) is 162 Å². The molecule has 0 spiro atoms. The van der Waals surface area contributed by atoms with Gasteiger partial charge in [-0.3, -0.25) is 19.7 Å². The molecule has 12 nitrogen and oxygen atoms in total. The molecule has 7 aromatic carbocycles. The maximum atomic E-state index is 10.9. The molecule has 464 valence electrons. The minimum atomic E-state index is 0.0191. The van der Waals surface area contributed by atoms with Crippen LogP contribution in [0.15, 0.2) is 248 Å². The lowest BCUT2D eigenvalue weighted by molar-refractivity contribution is 0.357. The summed E-state index contributed by atoms with van der Waals surface area (Å²) < 4.78 is 8.96. The van der Waals surface area contributed by atoms with Crippen LogP contribution in [0.1, 0.15) is 61.0 Å². The summed E-state index contributed by atoms with van der Waals surface area (Å²) in [5.74, 6) is 2.83. The molecule has 0 atom stereocenters. The third-order valence-corrected chi connectivity index (χ3v) is 16.1. The van der Waals surface area contributed by atoms with E-state index in [1.54, 1.807) is 47.5 Å². The molecule has 9 heterocycles. The van der Waals surface area contributed by atoms with Gasteiger partial charge in [-0.05, 0) is 188 Å². The SMILES string of the molecule is Cc1ccc(-c2ccccc2)nc1.Cc1ccc(-c2ncccn2)cc1.Cc1ccc2[nH]c(=O)sc2c1.Cc1ccc2c(c1)CCO2.Cc1ccc2nc(C)sc2c1.Cc1ccc2ncsc2c1.Cc1ccccn1.Cc1cccnc1.Cc1nc2ccccc2[nH]1. The lowest BCUT2D eigenvalue weighted by Crippen LogP contribution is -1.89. The molecular formula is C77H76N10O2S3. The topological polar surface area (TPSA) is 161 Å². The zero-order valence-electron chi connectivity index (χ0n) is 53.6. The second-order valence-electron chi connectivity index (χ2n) is 21.6. The van der Waals surface area contributed by atoms with Crippen molar-refractivity contribution in [3.8, 4) is 28.4 Å². The summed E-state index contributed by atoms with van der Waals surface area (Å²) in [6.45, 7) is 21.3. The number of para-hydroxylation sites is 2. The largest absolute Gasteiger partial charge is 0.493 e. The van der Waals surface area contributed by atoms with Gasteiger partial charge in [0.2, 0.25) is 0 Å². The van der Waals surface area contributed by atoms with E-state index in [0.29, 0.717) is 0 Å². The number of imidazole rings is 1. The number of hydrogen-bond donors (Lipinski definition) is 2. The van der Waals surface area contributed by atoms with E-state index < -0.39 is 0 Å². The van der Waals surface area contributed by atoms with Crippen molar-refractivity contribution in [1.29, 1.82) is 0 Å². The third kappa shape index (κ3) is 22.4. The molecule has 0 saturated carbocycles. The van der Waals surface area contributed by atoms with Crippen molar-refractivity contribution < 1.29 is 4.74 Å². The van der Waals surface area contributed by atoms with E-state index in [-0.39, 0.29) is 4.87 Å². The molecule has 8 aromatic heterocycles. The summed E-state index contributed by atoms with van der Waals surface area (Å²) in [5, 5.41) is 1.14. The zero-order valence-corrected chi connectivity index (χ0v) is 56.1. The average molecular weight is 1270 g/mol. The first-order valence-electron chi connectivity index (χ1n) is 30.0. The van der Waals surface area contributed by atoms with E-state index in [0.717, 1.165) is 84.7 Å². The number of rotatable bonds is 2. The highest BCUT2D eigenvalue weighted by molar-refractivity contribution is 7.18. The fourth-order valence-corrected chi connectivity index (χ4v) is 11.4. The van der Waals surface area contributed by atoms with E-state index in [4.69, 9.17) is 4.74 Å². The second-order valence-corrected chi connectivity index (χ2v) is 24.8. The summed E-state index contributed by atoms with van der Waals surface area (Å²) in [7, 11) is 0. The Morgan fingerprint density at radius 2 is 1.07 bits per heavy atom. The number of nitrogens with one attached hydrogen (secondary N) is 2. The average Bonchev–Trinajstić information content (AvgIpc) is 2.04. The number of fused-ring (bicyclic) bond motifs is 5. The van der Waals surface area contributed by atoms with Crippen molar-refractivity contribution in [2.24, 2.45) is 0 Å². The van der Waals surface area contributed by atoms with E-state index in [1.165, 1.54) is 70.8 Å². The summed E-state index contributed by atoms with van der Waals surface area (Å²) in [4.78, 5) is 50.1. The van der Waals surface area contributed by atoms with E-state index in [1.807, 2.05) is 175 Å². The maximum Gasteiger partial charge on any atom is 0.305 e. The van der Waals surface area contributed by atoms with Crippen molar-refractivity contribution in [2.45, 2.75) is 75.7 Å². The predicted octanol–water partition coefficient (Wildman–Crippen LogP) is 19.5. The molecule has 0 radical (unpaired) electrons. The lowest BCUT2D eigenvalue weighted by atomic mass is 10.1. The van der Waals surface area contributed by atoms with Crippen LogP contribution in [0.4, 0.5) is 0 Å². The van der Waals surface area contributed by atoms with Crippen molar-refractivity contribution in [2.75, 3.05) is 6.61 Å². The Kier molecular flexibility index (Phi) is 26.0. The van der Waals surface area contributed by atoms with Crippen LogP contribution in [0.25, 0.3) is 64.3 Å². The molecule has 1 aliphatic heterocycles. The summed E-state index contributed by atoms with van der Waals surface area (Å²) in [6.07, 6.45) is 11.9. The first kappa shape index (κ1) is 67.7. The molecule has 15 heteroatoms. The van der Waals surface area contributed by atoms with Gasteiger partial charge in [0.05, 0.1) is 64.5 Å². The minimum Gasteiger partial charge on any atom is -0.493 e. The molecular weight excluding hydrogens is 1190 g/mol. The van der Waals surface area contributed by atoms with Gasteiger partial charge in [0, 0.05) is 60.4 Å². The summed E-state index contributed by atoms with van der Waals surface area (Å²) >= 11 is 4.70. The highest BCUT2D eigenvalue weighted by Crippen LogP contribution is 2.26. The van der Waals surface area contributed by atoms with E-state index >= 15 is 0 Å². The molecule has 0 amide bonds. The zero-order chi connectivity index (χ0) is 65.0. The van der Waals surface area contributed by atoms with Crippen LogP contribution in [-0.4, -0.2) is 56.4 Å². The molecule has 15 aromatic rings. The number of H-pyrrole nitrogens is 2. The number of aromatic nitrogens is 10. The number of ether oxygens (including phenoxy) is 1. The minimum absolute atomic E-state index is 0.0191. The molecule has 0 unspecified atom stereocenters. The maximum absolute atomic E-state index is 10.9. The number of nitrogens with zero attached hydrogens (tertiary/aromatic N) is 8. The van der Waals surface area contributed by atoms with Gasteiger partial charge in [0.15, 0.2) is 5.82 Å². The van der Waals surface area contributed by atoms with Crippen molar-refractivity contribution >= 4 is 75.7 Å². The van der Waals surface area contributed by atoms with Gasteiger partial charge in [-0.2, -0.15) is 0 Å². The van der Waals surface area contributed by atoms with Crippen LogP contribution < -0.4 is 9.61 Å². The second kappa shape index (κ2) is 35.3. The van der Waals surface area contributed by atoms with Gasteiger partial charge in [-0.1, -0.05) is 138 Å². The molecule has 1 aliphatic rings. The fraction of sp³-hybridized carbons (Fsp3) is 0.156. The number of aromatic amines is 2. The van der Waals surface area contributed by atoms with E-state index in [9.17, 15) is 4.79 Å². The van der Waals surface area contributed by atoms with Crippen LogP contribution in [0.5, 0.6) is 5.75 Å². The van der Waals surface area contributed by atoms with Crippen LogP contribution >= 0.6 is 34.0 Å². The number of pyridine rings is 3. The monoisotopic (exact) mass is 1270 g/mol. The molecule has 0 bridgehead atoms. The number of thiazole rings is 3. The Hall–Kier alpha value is -10.2. The highest BCUT2D eigenvalue weighted by atomic mass is 32.1. The smallest absolute Gasteiger partial charge is 0.305 e. The number of hydrogen-bond acceptors (Lipinski definition) is 13. The number of benzene rings is 7. The van der Waals surface area contributed by atoms with Crippen LogP contribution in [-0.2, 0) is 6.42 Å². The van der Waals surface area contributed by atoms with Gasteiger partial charge < -0.3 is 14.7 Å². The van der Waals surface area contributed by atoms with Crippen molar-refractivity contribution in [1.82, 2.24) is 49.8 Å². The van der Waals surface area contributed by atoms with Gasteiger partial charge in [-0.25, -0.2) is 24.9 Å². The summed E-state index contributed by atoms with van der Waals surface area (Å²) in [5.41, 5.74) is 21.7. The Morgan fingerprint density at radius 1 is 0.424 bits per heavy atom. The fourth-order valence-electron chi connectivity index (χ4n) is 8.85. The van der Waals surface area contributed by atoms with Gasteiger partial charge >= 0.3 is 4.87 Å². The highest BCUT2D eigenvalue weighted by Gasteiger charge is 2.10. The van der Waals surface area contributed by atoms with Gasteiger partial charge in [0.25, 0.3) is 0 Å². The van der Waals surface area contributed by atoms with Crippen LogP contribution in [0.3, 0.4) is 0 Å². The third-order valence-electron chi connectivity index (χ3n) is 13.5. The Balaban J connectivity index is 0.000000134. The molecule has 0 aliphatic carbocycles. The normalized spacial score (nSPS) is 10.5. The Labute approximate surface area is 551 Å². The first-order valence-corrected chi connectivity index (χ1v) is 32.5. The van der Waals surface area contributed by atoms with Crippen molar-refractivity contribution in [3.63, 3.8) is 0 Å². The molecule has 92 heavy (non-hydrogen) atoms. The predicted molar refractivity (Wildman–Crippen MR) is 386 cm³/mol. The van der Waals surface area contributed by atoms with Crippen molar-refractivity contribution in [3.05, 3.63) is 314 Å². The lowest BCUT2D eigenvalue weighted by Gasteiger charge is -1.99. The summed E-state index contributed by atoms with van der Waals surface area (Å²) in [6, 6.07) is 67.1. The first-order chi connectivity index (χ1) is 44.6. The quantitative estimate of drug-likeness (QED) is 0.170. The van der Waals surface area contributed by atoms with Gasteiger partial charge in [-0.15, -0.1) is 22.7 Å². The van der Waals surface area contributed by atoms with Gasteiger partial charge in [0.1, 0.15) is 11.6 Å². The molecule has 0 saturated heterocycles. The van der Waals surface area contributed by atoms with Crippen LogP contribution in [0.2, 0.25) is 0 Å². The Bertz CT molecular complexity index is 4540. The molecule has 2 N–H and O–H groups in total. The molecule has 0 fully saturated rings.